The summed E-state index contributed by atoms with van der Waals surface area (Å²) in [5.41, 5.74) is 1.16. The van der Waals surface area contributed by atoms with Gasteiger partial charge < -0.3 is 9.80 Å². The smallest absolute Gasteiger partial charge is 0.253 e. The molecule has 0 unspecified atom stereocenters. The van der Waals surface area contributed by atoms with Crippen molar-refractivity contribution in [2.75, 3.05) is 37.3 Å². The molecular formula is C18H20BrN3O3S. The van der Waals surface area contributed by atoms with E-state index in [9.17, 15) is 13.2 Å². The van der Waals surface area contributed by atoms with Crippen molar-refractivity contribution in [3.8, 4) is 0 Å². The van der Waals surface area contributed by atoms with Gasteiger partial charge in [0.15, 0.2) is 9.84 Å². The first kappa shape index (κ1) is 18.8. The zero-order valence-electron chi connectivity index (χ0n) is 14.4. The lowest BCUT2D eigenvalue weighted by Gasteiger charge is -2.35. The summed E-state index contributed by atoms with van der Waals surface area (Å²) in [7, 11) is -3.13. The number of aromatic nitrogens is 1. The van der Waals surface area contributed by atoms with Crippen LogP contribution in [0.2, 0.25) is 0 Å². The number of hydrogen-bond donors (Lipinski definition) is 0. The monoisotopic (exact) mass is 437 g/mol. The number of hydrogen-bond acceptors (Lipinski definition) is 5. The van der Waals surface area contributed by atoms with Crippen LogP contribution >= 0.6 is 15.9 Å². The Balaban J connectivity index is 1.65. The molecule has 1 aliphatic rings. The molecule has 3 rings (SSSR count). The van der Waals surface area contributed by atoms with Crippen molar-refractivity contribution < 1.29 is 13.2 Å². The second-order valence-corrected chi connectivity index (χ2v) is 9.44. The van der Waals surface area contributed by atoms with E-state index >= 15 is 0 Å². The van der Waals surface area contributed by atoms with Crippen LogP contribution in [-0.4, -0.2) is 56.6 Å². The molecule has 0 N–H and O–H groups in total. The lowest BCUT2D eigenvalue weighted by atomic mass is 10.1. The van der Waals surface area contributed by atoms with Gasteiger partial charge in [-0.1, -0.05) is 12.1 Å². The van der Waals surface area contributed by atoms with Gasteiger partial charge in [0.2, 0.25) is 0 Å². The van der Waals surface area contributed by atoms with Crippen LogP contribution in [0.1, 0.15) is 15.9 Å². The molecule has 0 aliphatic carbocycles. The number of rotatable bonds is 4. The molecule has 6 nitrogen and oxygen atoms in total. The van der Waals surface area contributed by atoms with Gasteiger partial charge in [-0.3, -0.25) is 4.79 Å². The molecule has 2 aromatic rings. The highest BCUT2D eigenvalue weighted by Crippen LogP contribution is 2.18. The summed E-state index contributed by atoms with van der Waals surface area (Å²) < 4.78 is 23.9. The molecule has 2 heterocycles. The number of carbonyl (C=O) groups excluding carboxylic acids is 1. The normalized spacial score (nSPS) is 15.2. The summed E-state index contributed by atoms with van der Waals surface area (Å²) >= 11 is 3.38. The Bertz CT molecular complexity index is 892. The van der Waals surface area contributed by atoms with Crippen LogP contribution in [0.5, 0.6) is 0 Å². The van der Waals surface area contributed by atoms with Gasteiger partial charge >= 0.3 is 0 Å². The van der Waals surface area contributed by atoms with E-state index in [1.54, 1.807) is 35.4 Å². The first-order valence-electron chi connectivity index (χ1n) is 8.24. The average molecular weight is 438 g/mol. The van der Waals surface area contributed by atoms with Crippen LogP contribution in [0.25, 0.3) is 0 Å². The molecule has 0 radical (unpaired) electrons. The van der Waals surface area contributed by atoms with Crippen LogP contribution in [0.3, 0.4) is 0 Å². The fraction of sp³-hybridized carbons (Fsp3) is 0.333. The van der Waals surface area contributed by atoms with Crippen LogP contribution in [0, 0.1) is 0 Å². The molecule has 0 bridgehead atoms. The Morgan fingerprint density at radius 1 is 1.15 bits per heavy atom. The standard InChI is InChI=1S/C18H20BrN3O3S/c1-26(24,25)13-14-3-2-4-15(11-14)18(23)22-9-7-21(8-10-22)17-6-5-16(19)12-20-17/h2-6,11-12H,7-10,13H2,1H3. The van der Waals surface area contributed by atoms with Crippen molar-refractivity contribution in [1.82, 2.24) is 9.88 Å². The Hall–Kier alpha value is -1.93. The summed E-state index contributed by atoms with van der Waals surface area (Å²) in [6, 6.07) is 10.8. The van der Waals surface area contributed by atoms with Gasteiger partial charge in [0.25, 0.3) is 5.91 Å². The van der Waals surface area contributed by atoms with E-state index in [-0.39, 0.29) is 11.7 Å². The molecular weight excluding hydrogens is 418 g/mol. The van der Waals surface area contributed by atoms with E-state index in [1.807, 2.05) is 12.1 Å². The van der Waals surface area contributed by atoms with Crippen molar-refractivity contribution in [1.29, 1.82) is 0 Å². The minimum absolute atomic E-state index is 0.0584. The van der Waals surface area contributed by atoms with Crippen LogP contribution in [0.4, 0.5) is 5.82 Å². The number of anilines is 1. The number of carbonyl (C=O) groups is 1. The maximum atomic E-state index is 12.7. The first-order chi connectivity index (χ1) is 12.3. The molecule has 26 heavy (non-hydrogen) atoms. The molecule has 0 spiro atoms. The van der Waals surface area contributed by atoms with E-state index in [4.69, 9.17) is 0 Å². The van der Waals surface area contributed by atoms with Gasteiger partial charge in [-0.15, -0.1) is 0 Å². The predicted molar refractivity (Wildman–Crippen MR) is 105 cm³/mol. The summed E-state index contributed by atoms with van der Waals surface area (Å²) in [6.45, 7) is 2.63. The van der Waals surface area contributed by atoms with Crippen LogP contribution < -0.4 is 4.90 Å². The van der Waals surface area contributed by atoms with Gasteiger partial charge in [-0.2, -0.15) is 0 Å². The highest BCUT2D eigenvalue weighted by Gasteiger charge is 2.23. The number of halogens is 1. The highest BCUT2D eigenvalue weighted by molar-refractivity contribution is 9.10. The summed E-state index contributed by atoms with van der Waals surface area (Å²) in [4.78, 5) is 21.1. The molecule has 0 saturated carbocycles. The van der Waals surface area contributed by atoms with E-state index < -0.39 is 9.84 Å². The molecule has 138 valence electrons. The topological polar surface area (TPSA) is 70.6 Å². The minimum Gasteiger partial charge on any atom is -0.353 e. The second-order valence-electron chi connectivity index (χ2n) is 6.38. The number of benzene rings is 1. The molecule has 1 aliphatic heterocycles. The largest absolute Gasteiger partial charge is 0.353 e. The molecule has 0 atom stereocenters. The zero-order valence-corrected chi connectivity index (χ0v) is 16.8. The van der Waals surface area contributed by atoms with Gasteiger partial charge in [0.05, 0.1) is 5.75 Å². The maximum Gasteiger partial charge on any atom is 0.253 e. The van der Waals surface area contributed by atoms with E-state index in [0.29, 0.717) is 37.3 Å². The van der Waals surface area contributed by atoms with Crippen molar-refractivity contribution in [2.24, 2.45) is 0 Å². The SMILES string of the molecule is CS(=O)(=O)Cc1cccc(C(=O)N2CCN(c3ccc(Br)cn3)CC2)c1. The molecule has 8 heteroatoms. The highest BCUT2D eigenvalue weighted by atomic mass is 79.9. The Labute approximate surface area is 161 Å². The minimum atomic E-state index is -3.13. The van der Waals surface area contributed by atoms with Crippen LogP contribution in [-0.2, 0) is 15.6 Å². The third-order valence-electron chi connectivity index (χ3n) is 4.21. The van der Waals surface area contributed by atoms with Crippen molar-refractivity contribution in [3.63, 3.8) is 0 Å². The summed E-state index contributed by atoms with van der Waals surface area (Å²) in [6.07, 6.45) is 2.96. The number of nitrogens with zero attached hydrogens (tertiary/aromatic N) is 3. The molecule has 1 aromatic carbocycles. The fourth-order valence-electron chi connectivity index (χ4n) is 2.97. The predicted octanol–water partition coefficient (Wildman–Crippen LogP) is 2.35. The van der Waals surface area contributed by atoms with E-state index in [0.717, 1.165) is 10.3 Å². The quantitative estimate of drug-likeness (QED) is 0.733. The fourth-order valence-corrected chi connectivity index (χ4v) is 3.99. The number of amides is 1. The Morgan fingerprint density at radius 3 is 2.50 bits per heavy atom. The summed E-state index contributed by atoms with van der Waals surface area (Å²) in [5, 5.41) is 0. The summed E-state index contributed by atoms with van der Waals surface area (Å²) in [5.74, 6) is 0.774. The Morgan fingerprint density at radius 2 is 1.88 bits per heavy atom. The number of piperazine rings is 1. The number of pyridine rings is 1. The van der Waals surface area contributed by atoms with E-state index in [1.165, 1.54) is 6.26 Å². The molecule has 1 aromatic heterocycles. The zero-order chi connectivity index (χ0) is 18.7. The lowest BCUT2D eigenvalue weighted by molar-refractivity contribution is 0.0746. The van der Waals surface area contributed by atoms with Gasteiger partial charge in [0.1, 0.15) is 5.82 Å². The van der Waals surface area contributed by atoms with Gasteiger partial charge in [0, 0.05) is 48.7 Å². The third kappa shape index (κ3) is 4.82. The van der Waals surface area contributed by atoms with Crippen molar-refractivity contribution in [2.45, 2.75) is 5.75 Å². The Kier molecular flexibility index (Phi) is 5.62. The lowest BCUT2D eigenvalue weighted by Crippen LogP contribution is -2.49. The number of sulfone groups is 1. The van der Waals surface area contributed by atoms with Gasteiger partial charge in [-0.25, -0.2) is 13.4 Å². The van der Waals surface area contributed by atoms with Crippen LogP contribution in [0.15, 0.2) is 47.1 Å². The first-order valence-corrected chi connectivity index (χ1v) is 11.1. The van der Waals surface area contributed by atoms with Gasteiger partial charge in [-0.05, 0) is 45.8 Å². The van der Waals surface area contributed by atoms with Crippen molar-refractivity contribution in [3.05, 3.63) is 58.2 Å². The average Bonchev–Trinajstić information content (AvgIpc) is 2.61. The van der Waals surface area contributed by atoms with Crippen molar-refractivity contribution >= 4 is 37.5 Å². The molecule has 1 saturated heterocycles. The third-order valence-corrected chi connectivity index (χ3v) is 5.53. The maximum absolute atomic E-state index is 12.7. The van der Waals surface area contributed by atoms with E-state index in [2.05, 4.69) is 25.8 Å². The molecule has 1 amide bonds. The second kappa shape index (κ2) is 7.75. The molecule has 1 fully saturated rings.